The van der Waals surface area contributed by atoms with Crippen LogP contribution in [0.4, 0.5) is 5.69 Å². The second-order valence-electron chi connectivity index (χ2n) is 6.63. The molecule has 1 aromatic rings. The number of anilines is 1. The fourth-order valence-electron chi connectivity index (χ4n) is 3.34. The van der Waals surface area contributed by atoms with Crippen LogP contribution in [0.1, 0.15) is 37.8 Å². The number of para-hydroxylation sites is 1. The highest BCUT2D eigenvalue weighted by Gasteiger charge is 2.31. The number of carbonyl (C=O) groups is 1. The van der Waals surface area contributed by atoms with Crippen LogP contribution in [0.5, 0.6) is 0 Å². The fourth-order valence-corrected chi connectivity index (χ4v) is 4.74. The van der Waals surface area contributed by atoms with E-state index in [0.717, 1.165) is 29.7 Å². The molecule has 1 heterocycles. The molecule has 0 saturated carbocycles. The molecule has 1 saturated heterocycles. The third-order valence-electron chi connectivity index (χ3n) is 5.01. The Labute approximate surface area is 157 Å². The van der Waals surface area contributed by atoms with Crippen molar-refractivity contribution in [3.63, 3.8) is 0 Å². The van der Waals surface area contributed by atoms with Crippen LogP contribution < -0.4 is 5.32 Å². The van der Waals surface area contributed by atoms with Gasteiger partial charge in [-0.25, -0.2) is 12.7 Å². The Hall–Kier alpha value is -1.44. The minimum atomic E-state index is -3.30. The largest absolute Gasteiger partial charge is 0.384 e. The van der Waals surface area contributed by atoms with E-state index in [1.54, 1.807) is 0 Å². The van der Waals surface area contributed by atoms with Gasteiger partial charge < -0.3 is 10.1 Å². The minimum Gasteiger partial charge on any atom is -0.384 e. The molecule has 0 atom stereocenters. The molecule has 1 aliphatic heterocycles. The van der Waals surface area contributed by atoms with Crippen molar-refractivity contribution in [3.05, 3.63) is 29.3 Å². The zero-order valence-electron chi connectivity index (χ0n) is 16.0. The Balaban J connectivity index is 1.99. The van der Waals surface area contributed by atoms with E-state index in [2.05, 4.69) is 19.2 Å². The summed E-state index contributed by atoms with van der Waals surface area (Å²) in [6.07, 6.45) is 2.82. The molecule has 146 valence electrons. The van der Waals surface area contributed by atoms with Gasteiger partial charge in [0.25, 0.3) is 0 Å². The maximum Gasteiger partial charge on any atom is 0.227 e. The van der Waals surface area contributed by atoms with Crippen LogP contribution in [0.3, 0.4) is 0 Å². The summed E-state index contributed by atoms with van der Waals surface area (Å²) >= 11 is 0. The molecule has 1 amide bonds. The number of amides is 1. The number of ether oxygens (including phenoxy) is 1. The summed E-state index contributed by atoms with van der Waals surface area (Å²) in [6.45, 7) is 5.12. The molecule has 1 fully saturated rings. The van der Waals surface area contributed by atoms with Crippen LogP contribution in [0.25, 0.3) is 0 Å². The molecule has 1 aliphatic rings. The molecule has 1 aromatic carbocycles. The third-order valence-corrected chi connectivity index (χ3v) is 6.85. The quantitative estimate of drug-likeness (QED) is 0.749. The number of hydrogen-bond acceptors (Lipinski definition) is 4. The molecule has 2 rings (SSSR count). The number of nitrogens with zero attached hydrogens (tertiary/aromatic N) is 1. The predicted molar refractivity (Wildman–Crippen MR) is 104 cm³/mol. The van der Waals surface area contributed by atoms with Gasteiger partial charge in [0.05, 0.1) is 12.4 Å². The molecular formula is C19H30N2O4S. The van der Waals surface area contributed by atoms with Gasteiger partial charge in [-0.15, -0.1) is 0 Å². The van der Waals surface area contributed by atoms with Crippen molar-refractivity contribution in [2.24, 2.45) is 5.92 Å². The molecule has 0 aromatic heterocycles. The number of sulfonamides is 1. The Kier molecular flexibility index (Phi) is 7.61. The van der Waals surface area contributed by atoms with Gasteiger partial charge in [0.2, 0.25) is 15.9 Å². The molecular weight excluding hydrogens is 352 g/mol. The van der Waals surface area contributed by atoms with E-state index in [1.807, 2.05) is 18.2 Å². The molecule has 7 heteroatoms. The molecule has 26 heavy (non-hydrogen) atoms. The van der Waals surface area contributed by atoms with Crippen molar-refractivity contribution in [2.45, 2.75) is 39.5 Å². The lowest BCUT2D eigenvalue weighted by Crippen LogP contribution is -2.43. The smallest absolute Gasteiger partial charge is 0.227 e. The van der Waals surface area contributed by atoms with E-state index in [1.165, 1.54) is 11.4 Å². The number of methoxy groups -OCH3 is 1. The van der Waals surface area contributed by atoms with E-state index >= 15 is 0 Å². The Morgan fingerprint density at radius 2 is 1.77 bits per heavy atom. The highest BCUT2D eigenvalue weighted by Crippen LogP contribution is 2.26. The van der Waals surface area contributed by atoms with Gasteiger partial charge >= 0.3 is 0 Å². The molecule has 0 radical (unpaired) electrons. The summed E-state index contributed by atoms with van der Waals surface area (Å²) in [5.41, 5.74) is 3.20. The highest BCUT2D eigenvalue weighted by molar-refractivity contribution is 7.89. The molecule has 6 nitrogen and oxygen atoms in total. The first-order chi connectivity index (χ1) is 12.4. The number of aryl methyl sites for hydroxylation is 2. The Morgan fingerprint density at radius 3 is 2.27 bits per heavy atom. The highest BCUT2D eigenvalue weighted by atomic mass is 32.2. The average molecular weight is 383 g/mol. The Bertz CT molecular complexity index is 688. The van der Waals surface area contributed by atoms with E-state index in [-0.39, 0.29) is 24.2 Å². The second-order valence-corrected chi connectivity index (χ2v) is 8.72. The van der Waals surface area contributed by atoms with Crippen LogP contribution in [0.2, 0.25) is 0 Å². The van der Waals surface area contributed by atoms with Crippen LogP contribution in [-0.2, 0) is 32.4 Å². The SMILES string of the molecule is CCc1cccc(CC)c1NC(=O)C1CCN(S(=O)(=O)CCOC)CC1. The zero-order chi connectivity index (χ0) is 19.2. The van der Waals surface area contributed by atoms with Crippen molar-refractivity contribution in [2.75, 3.05) is 37.9 Å². The third kappa shape index (κ3) is 5.05. The number of benzene rings is 1. The predicted octanol–water partition coefficient (Wildman–Crippen LogP) is 2.44. The number of carbonyl (C=O) groups excluding carboxylic acids is 1. The van der Waals surface area contributed by atoms with Gasteiger partial charge in [-0.2, -0.15) is 0 Å². The number of nitrogens with one attached hydrogen (secondary N) is 1. The van der Waals surface area contributed by atoms with Crippen molar-refractivity contribution in [3.8, 4) is 0 Å². The van der Waals surface area contributed by atoms with Gasteiger partial charge in [-0.05, 0) is 36.8 Å². The van der Waals surface area contributed by atoms with Crippen molar-refractivity contribution in [1.29, 1.82) is 0 Å². The van der Waals surface area contributed by atoms with E-state index in [0.29, 0.717) is 25.9 Å². The van der Waals surface area contributed by atoms with Gasteiger partial charge in [0, 0.05) is 31.8 Å². The van der Waals surface area contributed by atoms with Crippen LogP contribution in [-0.4, -0.2) is 51.2 Å². The van der Waals surface area contributed by atoms with E-state index in [4.69, 9.17) is 4.74 Å². The maximum atomic E-state index is 12.7. The van der Waals surface area contributed by atoms with Gasteiger partial charge in [-0.1, -0.05) is 32.0 Å². The Morgan fingerprint density at radius 1 is 1.19 bits per heavy atom. The summed E-state index contributed by atoms with van der Waals surface area (Å²) in [5, 5.41) is 3.11. The van der Waals surface area contributed by atoms with Crippen molar-refractivity contribution in [1.82, 2.24) is 4.31 Å². The molecule has 0 bridgehead atoms. The van der Waals surface area contributed by atoms with Gasteiger partial charge in [0.1, 0.15) is 0 Å². The number of hydrogen-bond donors (Lipinski definition) is 1. The van der Waals surface area contributed by atoms with Crippen LogP contribution in [0, 0.1) is 5.92 Å². The first-order valence-corrected chi connectivity index (χ1v) is 10.9. The van der Waals surface area contributed by atoms with E-state index < -0.39 is 10.0 Å². The topological polar surface area (TPSA) is 75.7 Å². The first-order valence-electron chi connectivity index (χ1n) is 9.31. The maximum absolute atomic E-state index is 12.7. The summed E-state index contributed by atoms with van der Waals surface area (Å²) in [5.74, 6) is -0.169. The fraction of sp³-hybridized carbons (Fsp3) is 0.632. The summed E-state index contributed by atoms with van der Waals surface area (Å²) in [7, 11) is -1.81. The van der Waals surface area contributed by atoms with Crippen LogP contribution in [0.15, 0.2) is 18.2 Å². The molecule has 1 N–H and O–H groups in total. The number of rotatable bonds is 8. The minimum absolute atomic E-state index is 0.00506. The standard InChI is InChI=1S/C19H30N2O4S/c1-4-15-7-6-8-16(5-2)18(15)20-19(22)17-9-11-21(12-10-17)26(23,24)14-13-25-3/h6-8,17H,4-5,9-14H2,1-3H3,(H,20,22). The zero-order valence-corrected chi connectivity index (χ0v) is 16.8. The summed E-state index contributed by atoms with van der Waals surface area (Å²) in [6, 6.07) is 6.11. The lowest BCUT2D eigenvalue weighted by molar-refractivity contribution is -0.120. The van der Waals surface area contributed by atoms with Crippen LogP contribution >= 0.6 is 0 Å². The molecule has 0 unspecified atom stereocenters. The monoisotopic (exact) mass is 382 g/mol. The van der Waals surface area contributed by atoms with Crippen molar-refractivity contribution >= 4 is 21.6 Å². The summed E-state index contributed by atoms with van der Waals surface area (Å²) in [4.78, 5) is 12.7. The van der Waals surface area contributed by atoms with E-state index in [9.17, 15) is 13.2 Å². The average Bonchev–Trinajstić information content (AvgIpc) is 2.66. The lowest BCUT2D eigenvalue weighted by atomic mass is 9.96. The molecule has 0 aliphatic carbocycles. The number of piperidine rings is 1. The first kappa shape index (κ1) is 20.9. The van der Waals surface area contributed by atoms with Gasteiger partial charge in [0.15, 0.2) is 0 Å². The normalized spacial score (nSPS) is 16.6. The van der Waals surface area contributed by atoms with Crippen molar-refractivity contribution < 1.29 is 17.9 Å². The molecule has 0 spiro atoms. The van der Waals surface area contributed by atoms with Gasteiger partial charge in [-0.3, -0.25) is 4.79 Å². The lowest BCUT2D eigenvalue weighted by Gasteiger charge is -2.30. The summed E-state index contributed by atoms with van der Waals surface area (Å²) < 4.78 is 30.8. The second kappa shape index (κ2) is 9.48.